The molecule has 0 radical (unpaired) electrons. The zero-order valence-electron chi connectivity index (χ0n) is 19.2. The first kappa shape index (κ1) is 26.7. The molecule has 0 aliphatic carbocycles. The third-order valence-corrected chi connectivity index (χ3v) is 4.50. The van der Waals surface area contributed by atoms with Crippen molar-refractivity contribution in [1.29, 1.82) is 0 Å². The predicted octanol–water partition coefficient (Wildman–Crippen LogP) is 4.36. The lowest BCUT2D eigenvalue weighted by Crippen LogP contribution is -2.36. The van der Waals surface area contributed by atoms with E-state index in [1.165, 1.54) is 5.56 Å². The molecule has 31 heavy (non-hydrogen) atoms. The number of guanidine groups is 1. The molecule has 7 heteroatoms. The van der Waals surface area contributed by atoms with Gasteiger partial charge >= 0.3 is 0 Å². The largest absolute Gasteiger partial charge is 0.493 e. The number of halogens is 1. The van der Waals surface area contributed by atoms with Crippen molar-refractivity contribution in [3.63, 3.8) is 0 Å². The first-order valence-electron chi connectivity index (χ1n) is 10.5. The Hall–Kier alpha value is -2.29. The Balaban J connectivity index is 0.00000480. The van der Waals surface area contributed by atoms with E-state index in [0.717, 1.165) is 35.8 Å². The Bertz CT molecular complexity index is 851. The Morgan fingerprint density at radius 2 is 1.77 bits per heavy atom. The van der Waals surface area contributed by atoms with Gasteiger partial charge in [0, 0.05) is 38.3 Å². The van der Waals surface area contributed by atoms with E-state index in [-0.39, 0.29) is 29.9 Å². The summed E-state index contributed by atoms with van der Waals surface area (Å²) in [6, 6.07) is 13.8. The predicted molar refractivity (Wildman–Crippen MR) is 138 cm³/mol. The molecule has 0 saturated carbocycles. The molecule has 1 amide bonds. The highest BCUT2D eigenvalue weighted by Crippen LogP contribution is 2.20. The average Bonchev–Trinajstić information content (AvgIpc) is 2.74. The zero-order chi connectivity index (χ0) is 21.9. The second-order valence-corrected chi connectivity index (χ2v) is 7.40. The van der Waals surface area contributed by atoms with E-state index in [2.05, 4.69) is 47.7 Å². The van der Waals surface area contributed by atoms with Crippen LogP contribution in [0.1, 0.15) is 47.3 Å². The SMILES string of the molecule is CCCOc1cc(C)ccc1CNC(=NCc1ccc(C(=O)N(C)C)cc1)NCC.I. The van der Waals surface area contributed by atoms with Crippen LogP contribution in [0, 0.1) is 6.92 Å². The summed E-state index contributed by atoms with van der Waals surface area (Å²) in [5.41, 5.74) is 4.01. The minimum absolute atomic E-state index is 0. The molecule has 0 spiro atoms. The average molecular weight is 538 g/mol. The lowest BCUT2D eigenvalue weighted by molar-refractivity contribution is 0.0827. The van der Waals surface area contributed by atoms with Crippen LogP contribution in [0.15, 0.2) is 47.5 Å². The molecular formula is C24H35IN4O2. The Morgan fingerprint density at radius 3 is 2.39 bits per heavy atom. The molecule has 6 nitrogen and oxygen atoms in total. The monoisotopic (exact) mass is 538 g/mol. The molecule has 0 unspecified atom stereocenters. The summed E-state index contributed by atoms with van der Waals surface area (Å²) in [6.45, 7) is 8.85. The first-order valence-corrected chi connectivity index (χ1v) is 10.5. The molecule has 2 aromatic carbocycles. The van der Waals surface area contributed by atoms with Crippen LogP contribution in [-0.4, -0.2) is 44.0 Å². The standard InChI is InChI=1S/C24H34N4O2.HI/c1-6-14-30-22-15-18(3)8-11-21(22)17-27-24(25-7-2)26-16-19-9-12-20(13-10-19)23(29)28(4)5;/h8-13,15H,6-7,14,16-17H2,1-5H3,(H2,25,26,27);1H. The van der Waals surface area contributed by atoms with Crippen LogP contribution >= 0.6 is 24.0 Å². The summed E-state index contributed by atoms with van der Waals surface area (Å²) >= 11 is 0. The van der Waals surface area contributed by atoms with Gasteiger partial charge in [-0.05, 0) is 49.6 Å². The van der Waals surface area contributed by atoms with E-state index in [4.69, 9.17) is 4.74 Å². The number of carbonyl (C=O) groups is 1. The van der Waals surface area contributed by atoms with E-state index < -0.39 is 0 Å². The van der Waals surface area contributed by atoms with Crippen molar-refractivity contribution in [3.05, 3.63) is 64.7 Å². The molecule has 0 aromatic heterocycles. The second kappa shape index (κ2) is 13.9. The van der Waals surface area contributed by atoms with Gasteiger partial charge in [0.2, 0.25) is 0 Å². The fourth-order valence-corrected chi connectivity index (χ4v) is 2.86. The van der Waals surface area contributed by atoms with Crippen molar-refractivity contribution in [3.8, 4) is 5.75 Å². The van der Waals surface area contributed by atoms with Crippen LogP contribution in [0.4, 0.5) is 0 Å². The maximum Gasteiger partial charge on any atom is 0.253 e. The topological polar surface area (TPSA) is 66.0 Å². The van der Waals surface area contributed by atoms with Crippen molar-refractivity contribution >= 4 is 35.8 Å². The van der Waals surface area contributed by atoms with Gasteiger partial charge in [0.15, 0.2) is 5.96 Å². The molecule has 0 atom stereocenters. The molecule has 0 aliphatic heterocycles. The van der Waals surface area contributed by atoms with Gasteiger partial charge < -0.3 is 20.3 Å². The fourth-order valence-electron chi connectivity index (χ4n) is 2.86. The van der Waals surface area contributed by atoms with E-state index in [9.17, 15) is 4.79 Å². The normalized spacial score (nSPS) is 10.8. The number of carbonyl (C=O) groups excluding carboxylic acids is 1. The van der Waals surface area contributed by atoms with Gasteiger partial charge in [-0.3, -0.25) is 4.79 Å². The number of ether oxygens (including phenoxy) is 1. The molecule has 2 N–H and O–H groups in total. The summed E-state index contributed by atoms with van der Waals surface area (Å²) < 4.78 is 5.90. The number of nitrogens with zero attached hydrogens (tertiary/aromatic N) is 2. The maximum atomic E-state index is 12.0. The van der Waals surface area contributed by atoms with Crippen molar-refractivity contribution in [2.75, 3.05) is 27.2 Å². The highest BCUT2D eigenvalue weighted by molar-refractivity contribution is 14.0. The number of rotatable bonds is 9. The minimum Gasteiger partial charge on any atom is -0.493 e. The molecule has 0 bridgehead atoms. The number of aliphatic imine (C=N–C) groups is 1. The van der Waals surface area contributed by atoms with E-state index in [1.807, 2.05) is 31.2 Å². The van der Waals surface area contributed by atoms with Crippen LogP contribution in [0.25, 0.3) is 0 Å². The maximum absolute atomic E-state index is 12.0. The van der Waals surface area contributed by atoms with Gasteiger partial charge in [-0.1, -0.05) is 31.2 Å². The molecule has 0 heterocycles. The van der Waals surface area contributed by atoms with Gasteiger partial charge in [0.25, 0.3) is 5.91 Å². The molecule has 2 aromatic rings. The molecule has 0 fully saturated rings. The number of aryl methyl sites for hydroxylation is 1. The number of benzene rings is 2. The smallest absolute Gasteiger partial charge is 0.253 e. The first-order chi connectivity index (χ1) is 14.4. The van der Waals surface area contributed by atoms with E-state index >= 15 is 0 Å². The van der Waals surface area contributed by atoms with Crippen LogP contribution < -0.4 is 15.4 Å². The molecule has 2 rings (SSSR count). The van der Waals surface area contributed by atoms with Crippen molar-refractivity contribution < 1.29 is 9.53 Å². The highest BCUT2D eigenvalue weighted by atomic mass is 127. The Morgan fingerprint density at radius 1 is 1.06 bits per heavy atom. The van der Waals surface area contributed by atoms with Crippen LogP contribution in [0.5, 0.6) is 5.75 Å². The summed E-state index contributed by atoms with van der Waals surface area (Å²) in [5.74, 6) is 1.66. The number of nitrogens with one attached hydrogen (secondary N) is 2. The molecular weight excluding hydrogens is 503 g/mol. The van der Waals surface area contributed by atoms with Crippen LogP contribution in [0.3, 0.4) is 0 Å². The summed E-state index contributed by atoms with van der Waals surface area (Å²) in [7, 11) is 3.50. The summed E-state index contributed by atoms with van der Waals surface area (Å²) in [4.78, 5) is 18.3. The van der Waals surface area contributed by atoms with Gasteiger partial charge in [0.1, 0.15) is 5.75 Å². The molecule has 170 valence electrons. The van der Waals surface area contributed by atoms with Crippen molar-refractivity contribution in [2.45, 2.75) is 40.3 Å². The van der Waals surface area contributed by atoms with Gasteiger partial charge in [-0.25, -0.2) is 4.99 Å². The fraction of sp³-hybridized carbons (Fsp3) is 0.417. The molecule has 0 saturated heterocycles. The van der Waals surface area contributed by atoms with Gasteiger partial charge in [-0.15, -0.1) is 24.0 Å². The summed E-state index contributed by atoms with van der Waals surface area (Å²) in [6.07, 6.45) is 0.976. The van der Waals surface area contributed by atoms with Gasteiger partial charge in [0.05, 0.1) is 13.2 Å². The third kappa shape index (κ3) is 8.77. The lowest BCUT2D eigenvalue weighted by Gasteiger charge is -2.15. The van der Waals surface area contributed by atoms with E-state index in [0.29, 0.717) is 25.3 Å². The number of hydrogen-bond donors (Lipinski definition) is 2. The Labute approximate surface area is 203 Å². The number of hydrogen-bond acceptors (Lipinski definition) is 3. The molecule has 0 aliphatic rings. The lowest BCUT2D eigenvalue weighted by atomic mass is 10.1. The zero-order valence-corrected chi connectivity index (χ0v) is 21.5. The third-order valence-electron chi connectivity index (χ3n) is 4.50. The van der Waals surface area contributed by atoms with Crippen molar-refractivity contribution in [1.82, 2.24) is 15.5 Å². The van der Waals surface area contributed by atoms with Crippen LogP contribution in [0.2, 0.25) is 0 Å². The Kier molecular flexibility index (Phi) is 12.0. The van der Waals surface area contributed by atoms with Crippen LogP contribution in [-0.2, 0) is 13.1 Å². The highest BCUT2D eigenvalue weighted by Gasteiger charge is 2.08. The second-order valence-electron chi connectivity index (χ2n) is 7.40. The number of amides is 1. The minimum atomic E-state index is -0.000694. The van der Waals surface area contributed by atoms with Gasteiger partial charge in [-0.2, -0.15) is 0 Å². The summed E-state index contributed by atoms with van der Waals surface area (Å²) in [5, 5.41) is 6.67. The quantitative estimate of drug-likeness (QED) is 0.283. The van der Waals surface area contributed by atoms with Crippen molar-refractivity contribution in [2.24, 2.45) is 4.99 Å². The van der Waals surface area contributed by atoms with E-state index in [1.54, 1.807) is 19.0 Å².